The molecule has 0 unspecified atom stereocenters. The molecule has 2 aromatic heterocycles. The van der Waals surface area contributed by atoms with Gasteiger partial charge < -0.3 is 9.47 Å². The first-order valence-electron chi connectivity index (χ1n) is 9.07. The first kappa shape index (κ1) is 20.7. The van der Waals surface area contributed by atoms with E-state index >= 15 is 0 Å². The van der Waals surface area contributed by atoms with Gasteiger partial charge in [0.15, 0.2) is 10.7 Å². The minimum absolute atomic E-state index is 0.00420. The van der Waals surface area contributed by atoms with E-state index in [1.54, 1.807) is 24.3 Å². The Kier molecular flexibility index (Phi) is 5.32. The number of aromatic nitrogens is 3. The highest BCUT2D eigenvalue weighted by molar-refractivity contribution is 7.90. The van der Waals surface area contributed by atoms with Gasteiger partial charge in [0.05, 0.1) is 20.0 Å². The molecule has 4 aromatic rings. The zero-order chi connectivity index (χ0) is 22.2. The van der Waals surface area contributed by atoms with E-state index in [2.05, 4.69) is 10.1 Å². The summed E-state index contributed by atoms with van der Waals surface area (Å²) in [5.41, 5.74) is 0.864. The van der Waals surface area contributed by atoms with Crippen molar-refractivity contribution in [1.29, 1.82) is 0 Å². The molecule has 160 valence electrons. The van der Waals surface area contributed by atoms with Gasteiger partial charge in [0, 0.05) is 11.6 Å². The van der Waals surface area contributed by atoms with Gasteiger partial charge in [0.2, 0.25) is 15.7 Å². The number of halogens is 2. The van der Waals surface area contributed by atoms with Crippen molar-refractivity contribution < 1.29 is 26.7 Å². The number of nitrogens with zero attached hydrogens (tertiary/aromatic N) is 3. The molecule has 0 saturated carbocycles. The van der Waals surface area contributed by atoms with Crippen LogP contribution in [0, 0.1) is 11.6 Å². The third kappa shape index (κ3) is 3.93. The Hall–Kier alpha value is -3.53. The number of hydrogen-bond donors (Lipinski definition) is 0. The topological polar surface area (TPSA) is 82.8 Å². The molecular formula is C21H17F2N3O4S. The molecule has 0 atom stereocenters. The van der Waals surface area contributed by atoms with Crippen LogP contribution in [0.2, 0.25) is 0 Å². The van der Waals surface area contributed by atoms with Crippen molar-refractivity contribution in [2.75, 3.05) is 14.2 Å². The molecule has 0 spiro atoms. The van der Waals surface area contributed by atoms with Gasteiger partial charge in [0.1, 0.15) is 23.1 Å². The quantitative estimate of drug-likeness (QED) is 0.451. The minimum Gasteiger partial charge on any atom is -0.497 e. The summed E-state index contributed by atoms with van der Waals surface area (Å²) < 4.78 is 65.1. The fourth-order valence-electron chi connectivity index (χ4n) is 3.16. The van der Waals surface area contributed by atoms with Crippen LogP contribution in [0.5, 0.6) is 11.6 Å². The normalized spacial score (nSPS) is 11.6. The van der Waals surface area contributed by atoms with Crippen LogP contribution in [0.1, 0.15) is 5.56 Å². The van der Waals surface area contributed by atoms with E-state index in [-0.39, 0.29) is 33.6 Å². The zero-order valence-corrected chi connectivity index (χ0v) is 17.4. The van der Waals surface area contributed by atoms with Gasteiger partial charge in [-0.2, -0.15) is 9.61 Å². The summed E-state index contributed by atoms with van der Waals surface area (Å²) in [5, 5.41) is 3.96. The smallest absolute Gasteiger partial charge is 0.243 e. The summed E-state index contributed by atoms with van der Waals surface area (Å²) in [7, 11) is -0.996. The molecule has 7 nitrogen and oxygen atoms in total. The molecule has 4 rings (SSSR count). The van der Waals surface area contributed by atoms with Crippen LogP contribution in [-0.4, -0.2) is 37.2 Å². The predicted molar refractivity (Wildman–Crippen MR) is 109 cm³/mol. The molecule has 0 saturated heterocycles. The fraction of sp³-hybridized carbons (Fsp3) is 0.143. The van der Waals surface area contributed by atoms with E-state index in [0.29, 0.717) is 11.3 Å². The lowest BCUT2D eigenvalue weighted by atomic mass is 10.1. The van der Waals surface area contributed by atoms with Crippen molar-refractivity contribution in [3.8, 4) is 22.9 Å². The maximum atomic E-state index is 14.3. The van der Waals surface area contributed by atoms with E-state index in [1.165, 1.54) is 36.9 Å². The van der Waals surface area contributed by atoms with E-state index < -0.39 is 21.5 Å². The average Bonchev–Trinajstić information content (AvgIpc) is 3.11. The van der Waals surface area contributed by atoms with Crippen LogP contribution in [-0.2, 0) is 15.6 Å². The molecule has 0 aliphatic carbocycles. The molecule has 31 heavy (non-hydrogen) atoms. The van der Waals surface area contributed by atoms with E-state index in [4.69, 9.17) is 9.47 Å². The number of sulfone groups is 1. The number of fused-ring (bicyclic) bond motifs is 1. The van der Waals surface area contributed by atoms with Crippen molar-refractivity contribution in [3.63, 3.8) is 0 Å². The summed E-state index contributed by atoms with van der Waals surface area (Å²) in [6.07, 6.45) is 0. The van der Waals surface area contributed by atoms with Gasteiger partial charge >= 0.3 is 0 Å². The number of methoxy groups -OCH3 is 2. The second-order valence-electron chi connectivity index (χ2n) is 6.65. The maximum Gasteiger partial charge on any atom is 0.243 e. The second-order valence-corrected chi connectivity index (χ2v) is 8.58. The summed E-state index contributed by atoms with van der Waals surface area (Å²) in [6, 6.07) is 12.5. The lowest BCUT2D eigenvalue weighted by molar-refractivity contribution is 0.387. The Morgan fingerprint density at radius 3 is 2.52 bits per heavy atom. The molecular weight excluding hydrogens is 428 g/mol. The molecule has 2 heterocycles. The Morgan fingerprint density at radius 2 is 1.81 bits per heavy atom. The van der Waals surface area contributed by atoms with Gasteiger partial charge in [-0.3, -0.25) is 0 Å². The molecule has 0 aliphatic rings. The van der Waals surface area contributed by atoms with Crippen molar-refractivity contribution in [1.82, 2.24) is 14.6 Å². The summed E-state index contributed by atoms with van der Waals surface area (Å²) in [4.78, 5) is 4.28. The van der Waals surface area contributed by atoms with Crippen LogP contribution >= 0.6 is 0 Å². The molecule has 0 amide bonds. The second kappa shape index (κ2) is 7.95. The number of imidazole rings is 1. The Bertz CT molecular complexity index is 1390. The van der Waals surface area contributed by atoms with Crippen LogP contribution < -0.4 is 9.47 Å². The number of benzene rings is 2. The maximum absolute atomic E-state index is 14.3. The monoisotopic (exact) mass is 445 g/mol. The largest absolute Gasteiger partial charge is 0.497 e. The highest BCUT2D eigenvalue weighted by Gasteiger charge is 2.23. The van der Waals surface area contributed by atoms with E-state index in [0.717, 1.165) is 12.1 Å². The van der Waals surface area contributed by atoms with Crippen LogP contribution in [0.25, 0.3) is 16.9 Å². The Balaban J connectivity index is 1.78. The molecule has 0 bridgehead atoms. The van der Waals surface area contributed by atoms with Crippen molar-refractivity contribution in [2.24, 2.45) is 0 Å². The first-order chi connectivity index (χ1) is 14.8. The summed E-state index contributed by atoms with van der Waals surface area (Å²) in [6.45, 7) is 0. The standard InChI is InChI=1S/C21H17F2N3O4S/c1-29-15-5-3-4-13(10-15)12-31(27,28)19-9-8-18-24-20(21(30-2)26(18)25-19)16-7-6-14(22)11-17(16)23/h3-11H,12H2,1-2H3. The minimum atomic E-state index is -3.82. The number of ether oxygens (including phenoxy) is 2. The number of hydrogen-bond acceptors (Lipinski definition) is 6. The van der Waals surface area contributed by atoms with Gasteiger partial charge in [-0.1, -0.05) is 12.1 Å². The van der Waals surface area contributed by atoms with Crippen molar-refractivity contribution in [3.05, 3.63) is 71.8 Å². The molecule has 0 fully saturated rings. The molecule has 0 aliphatic heterocycles. The molecule has 0 radical (unpaired) electrons. The van der Waals surface area contributed by atoms with Crippen LogP contribution in [0.3, 0.4) is 0 Å². The van der Waals surface area contributed by atoms with E-state index in [1.807, 2.05) is 0 Å². The van der Waals surface area contributed by atoms with Gasteiger partial charge in [-0.15, -0.1) is 0 Å². The summed E-state index contributed by atoms with van der Waals surface area (Å²) >= 11 is 0. The summed E-state index contributed by atoms with van der Waals surface area (Å²) in [5.74, 6) is -1.28. The van der Waals surface area contributed by atoms with Crippen LogP contribution in [0.15, 0.2) is 59.6 Å². The predicted octanol–water partition coefficient (Wildman–Crippen LogP) is 3.67. The third-order valence-electron chi connectivity index (χ3n) is 4.60. The number of rotatable bonds is 6. The van der Waals surface area contributed by atoms with Crippen molar-refractivity contribution in [2.45, 2.75) is 10.8 Å². The average molecular weight is 445 g/mol. The third-order valence-corrected chi connectivity index (χ3v) is 6.17. The molecule has 10 heteroatoms. The van der Waals surface area contributed by atoms with Gasteiger partial charge in [-0.25, -0.2) is 22.2 Å². The lowest BCUT2D eigenvalue weighted by Crippen LogP contribution is -2.10. The molecule has 0 N–H and O–H groups in total. The van der Waals surface area contributed by atoms with Gasteiger partial charge in [0.25, 0.3) is 0 Å². The zero-order valence-electron chi connectivity index (χ0n) is 16.5. The SMILES string of the molecule is COc1cccc(CS(=O)(=O)c2ccc3nc(-c4ccc(F)cc4F)c(OC)n3n2)c1. The van der Waals surface area contributed by atoms with E-state index in [9.17, 15) is 17.2 Å². The highest BCUT2D eigenvalue weighted by atomic mass is 32.2. The first-order valence-corrected chi connectivity index (χ1v) is 10.7. The fourth-order valence-corrected chi connectivity index (χ4v) is 4.41. The van der Waals surface area contributed by atoms with Gasteiger partial charge in [-0.05, 0) is 42.0 Å². The Labute approximate surface area is 176 Å². The lowest BCUT2D eigenvalue weighted by Gasteiger charge is -2.07. The van der Waals surface area contributed by atoms with Crippen molar-refractivity contribution >= 4 is 15.5 Å². The Morgan fingerprint density at radius 1 is 1.00 bits per heavy atom. The highest BCUT2D eigenvalue weighted by Crippen LogP contribution is 2.32. The molecule has 2 aromatic carbocycles. The van der Waals surface area contributed by atoms with Crippen LogP contribution in [0.4, 0.5) is 8.78 Å².